The van der Waals surface area contributed by atoms with Crippen molar-refractivity contribution in [2.75, 3.05) is 6.54 Å². The van der Waals surface area contributed by atoms with E-state index in [0.29, 0.717) is 12.1 Å². The van der Waals surface area contributed by atoms with Gasteiger partial charge in [0.25, 0.3) is 0 Å². The first-order valence-electron chi connectivity index (χ1n) is 7.03. The first-order chi connectivity index (χ1) is 11.3. The molecule has 0 bridgehead atoms. The predicted molar refractivity (Wildman–Crippen MR) is 81.0 cm³/mol. The fraction of sp³-hybridized carbons (Fsp3) is 0.429. The van der Waals surface area contributed by atoms with Crippen LogP contribution in [0.4, 0.5) is 13.2 Å². The van der Waals surface area contributed by atoms with Gasteiger partial charge in [0.15, 0.2) is 0 Å². The van der Waals surface area contributed by atoms with Crippen molar-refractivity contribution >= 4 is 21.9 Å². The van der Waals surface area contributed by atoms with Crippen LogP contribution in [0.2, 0.25) is 0 Å². The molecule has 0 aliphatic rings. The molecule has 1 amide bonds. The highest BCUT2D eigenvalue weighted by molar-refractivity contribution is 7.89. The molecular weight excluding hydrogens is 365 g/mol. The second kappa shape index (κ2) is 7.83. The van der Waals surface area contributed by atoms with Gasteiger partial charge in [-0.2, -0.15) is 13.2 Å². The van der Waals surface area contributed by atoms with Crippen LogP contribution in [0.1, 0.15) is 19.4 Å². The normalized spacial score (nSPS) is 13.5. The lowest BCUT2D eigenvalue weighted by Crippen LogP contribution is -2.48. The summed E-state index contributed by atoms with van der Waals surface area (Å²) in [5, 5.41) is 11.1. The maximum Gasteiger partial charge on any atom is 0.416 e. The largest absolute Gasteiger partial charge is 0.480 e. The molecular formula is C14H17F3N2O5S. The summed E-state index contributed by atoms with van der Waals surface area (Å²) in [5.74, 6) is -2.65. The van der Waals surface area contributed by atoms with Gasteiger partial charge >= 0.3 is 12.1 Å². The molecule has 25 heavy (non-hydrogen) atoms. The zero-order chi connectivity index (χ0) is 19.4. The van der Waals surface area contributed by atoms with Crippen LogP contribution in [0.3, 0.4) is 0 Å². The Morgan fingerprint density at radius 3 is 2.32 bits per heavy atom. The van der Waals surface area contributed by atoms with Crippen molar-refractivity contribution in [1.29, 1.82) is 0 Å². The van der Waals surface area contributed by atoms with Crippen LogP contribution in [0.5, 0.6) is 0 Å². The molecule has 1 atom stereocenters. The van der Waals surface area contributed by atoms with Crippen LogP contribution in [-0.4, -0.2) is 38.0 Å². The molecule has 0 saturated carbocycles. The number of amides is 1. The Morgan fingerprint density at radius 1 is 1.24 bits per heavy atom. The fourth-order valence-electron chi connectivity index (χ4n) is 1.82. The topological polar surface area (TPSA) is 113 Å². The Bertz CT molecular complexity index is 747. The average Bonchev–Trinajstić information content (AvgIpc) is 2.49. The van der Waals surface area contributed by atoms with E-state index in [2.05, 4.69) is 5.32 Å². The summed E-state index contributed by atoms with van der Waals surface area (Å²) in [6.07, 6.45) is -4.71. The maximum atomic E-state index is 12.6. The van der Waals surface area contributed by atoms with Gasteiger partial charge in [-0.05, 0) is 24.1 Å². The molecule has 0 saturated heterocycles. The Hall–Kier alpha value is -2.14. The maximum absolute atomic E-state index is 12.6. The Balaban J connectivity index is 2.82. The summed E-state index contributed by atoms with van der Waals surface area (Å²) >= 11 is 0. The van der Waals surface area contributed by atoms with E-state index in [0.717, 1.165) is 12.1 Å². The minimum atomic E-state index is -4.71. The molecule has 0 aromatic heterocycles. The van der Waals surface area contributed by atoms with E-state index in [9.17, 15) is 31.2 Å². The van der Waals surface area contributed by atoms with Gasteiger partial charge in [0.05, 0.1) is 17.0 Å². The number of carboxylic acid groups (broad SMARTS) is 1. The van der Waals surface area contributed by atoms with E-state index < -0.39 is 57.0 Å². The fourth-order valence-corrected chi connectivity index (χ4v) is 2.85. The zero-order valence-corrected chi connectivity index (χ0v) is 14.1. The van der Waals surface area contributed by atoms with Gasteiger partial charge in [-0.3, -0.25) is 4.79 Å². The number of hydrogen-bond donors (Lipinski definition) is 3. The van der Waals surface area contributed by atoms with Crippen molar-refractivity contribution in [3.63, 3.8) is 0 Å². The van der Waals surface area contributed by atoms with Gasteiger partial charge < -0.3 is 10.4 Å². The molecule has 0 fully saturated rings. The number of hydrogen-bond acceptors (Lipinski definition) is 4. The molecule has 140 valence electrons. The average molecular weight is 382 g/mol. The molecule has 0 radical (unpaired) electrons. The molecule has 0 heterocycles. The molecule has 0 aliphatic heterocycles. The lowest BCUT2D eigenvalue weighted by atomic mass is 10.1. The minimum absolute atomic E-state index is 0.439. The second-order valence-electron chi connectivity index (χ2n) is 5.48. The summed E-state index contributed by atoms with van der Waals surface area (Å²) in [4.78, 5) is 22.0. The first kappa shape index (κ1) is 20.9. The van der Waals surface area contributed by atoms with Crippen LogP contribution in [0.15, 0.2) is 29.2 Å². The van der Waals surface area contributed by atoms with Crippen molar-refractivity contribution < 1.29 is 36.3 Å². The third-order valence-electron chi connectivity index (χ3n) is 3.14. The van der Waals surface area contributed by atoms with Gasteiger partial charge in [-0.15, -0.1) is 0 Å². The molecule has 3 N–H and O–H groups in total. The SMILES string of the molecule is CC(C)[C@H](NC(=O)CNS(=O)(=O)c1cccc(C(F)(F)F)c1)C(=O)O. The summed E-state index contributed by atoms with van der Waals surface area (Å²) in [7, 11) is -4.37. The first-order valence-corrected chi connectivity index (χ1v) is 8.52. The van der Waals surface area contributed by atoms with Crippen molar-refractivity contribution in [1.82, 2.24) is 10.0 Å². The number of nitrogens with one attached hydrogen (secondary N) is 2. The molecule has 1 aromatic rings. The quantitative estimate of drug-likeness (QED) is 0.656. The number of sulfonamides is 1. The molecule has 0 aliphatic carbocycles. The summed E-state index contributed by atoms with van der Waals surface area (Å²) in [5.41, 5.74) is -1.15. The highest BCUT2D eigenvalue weighted by atomic mass is 32.2. The van der Waals surface area contributed by atoms with Crippen LogP contribution < -0.4 is 10.0 Å². The number of alkyl halides is 3. The number of carbonyl (C=O) groups excluding carboxylic acids is 1. The third kappa shape index (κ3) is 6.02. The van der Waals surface area contributed by atoms with Gasteiger partial charge in [-0.25, -0.2) is 17.9 Å². The number of halogens is 3. The lowest BCUT2D eigenvalue weighted by molar-refractivity contribution is -0.143. The number of rotatable bonds is 7. The van der Waals surface area contributed by atoms with E-state index in [1.165, 1.54) is 0 Å². The zero-order valence-electron chi connectivity index (χ0n) is 13.3. The number of carboxylic acids is 1. The van der Waals surface area contributed by atoms with Crippen LogP contribution in [0.25, 0.3) is 0 Å². The molecule has 0 unspecified atom stereocenters. The van der Waals surface area contributed by atoms with E-state index in [1.54, 1.807) is 13.8 Å². The van der Waals surface area contributed by atoms with Gasteiger partial charge in [0.2, 0.25) is 15.9 Å². The Kier molecular flexibility index (Phi) is 6.54. The van der Waals surface area contributed by atoms with Crippen LogP contribution >= 0.6 is 0 Å². The molecule has 1 rings (SSSR count). The van der Waals surface area contributed by atoms with Crippen molar-refractivity contribution in [2.45, 2.75) is 31.0 Å². The van der Waals surface area contributed by atoms with Crippen LogP contribution in [-0.2, 0) is 25.8 Å². The van der Waals surface area contributed by atoms with E-state index in [-0.39, 0.29) is 0 Å². The smallest absolute Gasteiger partial charge is 0.416 e. The van der Waals surface area contributed by atoms with Crippen molar-refractivity contribution in [3.8, 4) is 0 Å². The van der Waals surface area contributed by atoms with Crippen LogP contribution in [0, 0.1) is 5.92 Å². The second-order valence-corrected chi connectivity index (χ2v) is 7.24. The van der Waals surface area contributed by atoms with Gasteiger partial charge in [0.1, 0.15) is 6.04 Å². The standard InChI is InChI=1S/C14H17F3N2O5S/c1-8(2)12(13(21)22)19-11(20)7-18-25(23,24)10-5-3-4-9(6-10)14(15,16)17/h3-6,8,12,18H,7H2,1-2H3,(H,19,20)(H,21,22)/t12-/m0/s1. The third-order valence-corrected chi connectivity index (χ3v) is 4.54. The van der Waals surface area contributed by atoms with Gasteiger partial charge in [0, 0.05) is 0 Å². The molecule has 7 nitrogen and oxygen atoms in total. The molecule has 1 aromatic carbocycles. The van der Waals surface area contributed by atoms with E-state index in [1.807, 2.05) is 4.72 Å². The number of aliphatic carboxylic acids is 1. The molecule has 0 spiro atoms. The monoisotopic (exact) mass is 382 g/mol. The Labute approximate surface area is 142 Å². The van der Waals surface area contributed by atoms with Gasteiger partial charge in [-0.1, -0.05) is 19.9 Å². The van der Waals surface area contributed by atoms with Crippen molar-refractivity contribution in [3.05, 3.63) is 29.8 Å². The summed E-state index contributed by atoms with van der Waals surface area (Å²) in [6, 6.07) is 1.81. The number of carbonyl (C=O) groups is 2. The summed E-state index contributed by atoms with van der Waals surface area (Å²) in [6.45, 7) is 2.28. The van der Waals surface area contributed by atoms with E-state index in [4.69, 9.17) is 5.11 Å². The highest BCUT2D eigenvalue weighted by Crippen LogP contribution is 2.30. The van der Waals surface area contributed by atoms with Crippen molar-refractivity contribution in [2.24, 2.45) is 5.92 Å². The minimum Gasteiger partial charge on any atom is -0.480 e. The summed E-state index contributed by atoms with van der Waals surface area (Å²) < 4.78 is 63.7. The predicted octanol–water partition coefficient (Wildman–Crippen LogP) is 1.21. The Morgan fingerprint density at radius 2 is 1.84 bits per heavy atom. The lowest BCUT2D eigenvalue weighted by Gasteiger charge is -2.18. The van der Waals surface area contributed by atoms with E-state index >= 15 is 0 Å². The number of benzene rings is 1. The highest BCUT2D eigenvalue weighted by Gasteiger charge is 2.32. The molecule has 11 heteroatoms.